The van der Waals surface area contributed by atoms with E-state index in [1.54, 1.807) is 6.20 Å². The smallest absolute Gasteiger partial charge is 0.326 e. The normalized spacial score (nSPS) is 12.4. The minimum Gasteiger partial charge on any atom is -0.480 e. The molecular weight excluding hydrogens is 352 g/mol. The summed E-state index contributed by atoms with van der Waals surface area (Å²) < 4.78 is 1.46. The molecule has 0 aliphatic carbocycles. The second-order valence-electron chi connectivity index (χ2n) is 7.39. The number of carboxylic acids is 1. The van der Waals surface area contributed by atoms with E-state index in [4.69, 9.17) is 0 Å². The Balaban J connectivity index is 2.23. The van der Waals surface area contributed by atoms with E-state index in [9.17, 15) is 24.8 Å². The van der Waals surface area contributed by atoms with Gasteiger partial charge in [-0.05, 0) is 30.4 Å². The molecule has 9 heteroatoms. The molecule has 2 N–H and O–H groups in total. The minimum absolute atomic E-state index is 0.0209. The van der Waals surface area contributed by atoms with Gasteiger partial charge in [0.15, 0.2) is 0 Å². The molecular formula is C18H22N4O5. The number of hydrogen-bond acceptors (Lipinski definition) is 5. The van der Waals surface area contributed by atoms with Crippen molar-refractivity contribution < 1.29 is 19.6 Å². The summed E-state index contributed by atoms with van der Waals surface area (Å²) in [6.45, 7) is 5.93. The highest BCUT2D eigenvalue weighted by molar-refractivity contribution is 5.97. The van der Waals surface area contributed by atoms with Gasteiger partial charge in [0.25, 0.3) is 11.6 Å². The third kappa shape index (κ3) is 5.37. The van der Waals surface area contributed by atoms with Gasteiger partial charge < -0.3 is 15.0 Å². The number of nitro groups is 1. The maximum Gasteiger partial charge on any atom is 0.326 e. The van der Waals surface area contributed by atoms with Gasteiger partial charge in [-0.25, -0.2) is 9.78 Å². The van der Waals surface area contributed by atoms with Crippen LogP contribution in [0.3, 0.4) is 0 Å². The van der Waals surface area contributed by atoms with Gasteiger partial charge >= 0.3 is 5.97 Å². The van der Waals surface area contributed by atoms with Crippen LogP contribution in [0.2, 0.25) is 0 Å². The lowest BCUT2D eigenvalue weighted by molar-refractivity contribution is -0.384. The Bertz CT molecular complexity index is 840. The summed E-state index contributed by atoms with van der Waals surface area (Å²) in [7, 11) is 0. The van der Waals surface area contributed by atoms with E-state index >= 15 is 0 Å². The second-order valence-corrected chi connectivity index (χ2v) is 7.39. The number of carbonyl (C=O) groups excluding carboxylic acids is 1. The van der Waals surface area contributed by atoms with Crippen molar-refractivity contribution in [3.05, 3.63) is 52.6 Å². The summed E-state index contributed by atoms with van der Waals surface area (Å²) in [5, 5.41) is 23.2. The number of nitrogens with zero attached hydrogens (tertiary/aromatic N) is 3. The van der Waals surface area contributed by atoms with E-state index in [1.165, 1.54) is 29.2 Å². The van der Waals surface area contributed by atoms with Crippen LogP contribution < -0.4 is 5.32 Å². The molecule has 1 amide bonds. The molecule has 1 unspecified atom stereocenters. The molecule has 1 atom stereocenters. The van der Waals surface area contributed by atoms with Crippen molar-refractivity contribution in [1.82, 2.24) is 14.9 Å². The van der Waals surface area contributed by atoms with Gasteiger partial charge in [-0.3, -0.25) is 14.9 Å². The molecule has 0 spiro atoms. The molecule has 0 saturated carbocycles. The number of rotatable bonds is 7. The predicted molar refractivity (Wildman–Crippen MR) is 97.8 cm³/mol. The number of carboxylic acid groups (broad SMARTS) is 1. The van der Waals surface area contributed by atoms with Crippen LogP contribution in [-0.2, 0) is 4.79 Å². The number of amides is 1. The standard InChI is InChI=1S/C18H22N4O5/c1-18(2,3)7-6-13(17(24)25)20-16(23)12-4-5-14(15(10-12)22(26)27)21-9-8-19-11-21/h4-5,8-11,13H,6-7H2,1-3H3,(H,20,23)(H,24,25). The van der Waals surface area contributed by atoms with Gasteiger partial charge in [0, 0.05) is 24.0 Å². The molecule has 0 fully saturated rings. The van der Waals surface area contributed by atoms with Crippen LogP contribution in [0.5, 0.6) is 0 Å². The number of hydrogen-bond donors (Lipinski definition) is 2. The van der Waals surface area contributed by atoms with Gasteiger partial charge in [-0.2, -0.15) is 0 Å². The Labute approximate surface area is 156 Å². The molecule has 2 rings (SSSR count). The number of benzene rings is 1. The first kappa shape index (κ1) is 20.1. The Kier molecular flexibility index (Phi) is 5.94. The first-order chi connectivity index (χ1) is 12.6. The molecule has 1 heterocycles. The number of imidazole rings is 1. The summed E-state index contributed by atoms with van der Waals surface area (Å²) in [5.74, 6) is -1.81. The largest absolute Gasteiger partial charge is 0.480 e. The fourth-order valence-corrected chi connectivity index (χ4v) is 2.51. The molecule has 9 nitrogen and oxygen atoms in total. The highest BCUT2D eigenvalue weighted by Crippen LogP contribution is 2.25. The minimum atomic E-state index is -1.14. The third-order valence-corrected chi connectivity index (χ3v) is 4.00. The summed E-state index contributed by atoms with van der Waals surface area (Å²) in [5.41, 5.74) is -0.0738. The fourth-order valence-electron chi connectivity index (χ4n) is 2.51. The van der Waals surface area contributed by atoms with Crippen LogP contribution in [-0.4, -0.2) is 37.5 Å². The topological polar surface area (TPSA) is 127 Å². The van der Waals surface area contributed by atoms with Crippen LogP contribution in [0.1, 0.15) is 44.0 Å². The Morgan fingerprint density at radius 1 is 1.37 bits per heavy atom. The van der Waals surface area contributed by atoms with Crippen molar-refractivity contribution in [3.63, 3.8) is 0 Å². The first-order valence-corrected chi connectivity index (χ1v) is 8.39. The Morgan fingerprint density at radius 3 is 2.59 bits per heavy atom. The average molecular weight is 374 g/mol. The fraction of sp³-hybridized carbons (Fsp3) is 0.389. The number of aliphatic carboxylic acids is 1. The van der Waals surface area contributed by atoms with Crippen LogP contribution in [0.15, 0.2) is 36.9 Å². The Hall–Kier alpha value is -3.23. The summed E-state index contributed by atoms with van der Waals surface area (Å²) >= 11 is 0. The zero-order chi connectivity index (χ0) is 20.2. The first-order valence-electron chi connectivity index (χ1n) is 8.39. The molecule has 27 heavy (non-hydrogen) atoms. The molecule has 144 valence electrons. The summed E-state index contributed by atoms with van der Waals surface area (Å²) in [4.78, 5) is 38.5. The zero-order valence-corrected chi connectivity index (χ0v) is 15.4. The van der Waals surface area contributed by atoms with Crippen molar-refractivity contribution >= 4 is 17.6 Å². The number of nitro benzene ring substituents is 1. The number of carbonyl (C=O) groups is 2. The van der Waals surface area contributed by atoms with Gasteiger partial charge in [0.2, 0.25) is 0 Å². The van der Waals surface area contributed by atoms with Crippen LogP contribution in [0, 0.1) is 15.5 Å². The summed E-state index contributed by atoms with van der Waals surface area (Å²) in [6.07, 6.45) is 5.31. The molecule has 1 aromatic heterocycles. The molecule has 2 aromatic rings. The third-order valence-electron chi connectivity index (χ3n) is 4.00. The lowest BCUT2D eigenvalue weighted by Gasteiger charge is -2.21. The SMILES string of the molecule is CC(C)(C)CCC(NC(=O)c1ccc(-n2ccnc2)c([N+](=O)[O-])c1)C(=O)O. The lowest BCUT2D eigenvalue weighted by Crippen LogP contribution is -2.41. The Morgan fingerprint density at radius 2 is 2.07 bits per heavy atom. The van der Waals surface area contributed by atoms with Crippen LogP contribution in [0.25, 0.3) is 5.69 Å². The van der Waals surface area contributed by atoms with Gasteiger partial charge in [-0.1, -0.05) is 20.8 Å². The second kappa shape index (κ2) is 7.98. The monoisotopic (exact) mass is 374 g/mol. The summed E-state index contributed by atoms with van der Waals surface area (Å²) in [6, 6.07) is 2.91. The molecule has 1 aromatic carbocycles. The molecule has 0 aliphatic rings. The maximum absolute atomic E-state index is 12.4. The van der Waals surface area contributed by atoms with Crippen molar-refractivity contribution in [2.75, 3.05) is 0 Å². The highest BCUT2D eigenvalue weighted by atomic mass is 16.6. The molecule has 0 saturated heterocycles. The van der Waals surface area contributed by atoms with E-state index in [2.05, 4.69) is 10.3 Å². The van der Waals surface area contributed by atoms with E-state index in [1.807, 2.05) is 20.8 Å². The maximum atomic E-state index is 12.4. The van der Waals surface area contributed by atoms with Crippen molar-refractivity contribution in [1.29, 1.82) is 0 Å². The molecule has 0 bridgehead atoms. The van der Waals surface area contributed by atoms with Crippen molar-refractivity contribution in [2.24, 2.45) is 5.41 Å². The van der Waals surface area contributed by atoms with Crippen LogP contribution in [0.4, 0.5) is 5.69 Å². The lowest BCUT2D eigenvalue weighted by atomic mass is 9.88. The highest BCUT2D eigenvalue weighted by Gasteiger charge is 2.25. The van der Waals surface area contributed by atoms with Gasteiger partial charge in [0.1, 0.15) is 11.7 Å². The van der Waals surface area contributed by atoms with E-state index in [0.29, 0.717) is 6.42 Å². The van der Waals surface area contributed by atoms with E-state index in [0.717, 1.165) is 6.07 Å². The van der Waals surface area contributed by atoms with Crippen LogP contribution >= 0.6 is 0 Å². The average Bonchev–Trinajstić information content (AvgIpc) is 3.11. The number of nitrogens with one attached hydrogen (secondary N) is 1. The zero-order valence-electron chi connectivity index (χ0n) is 15.4. The van der Waals surface area contributed by atoms with Crippen molar-refractivity contribution in [3.8, 4) is 5.69 Å². The van der Waals surface area contributed by atoms with E-state index < -0.39 is 22.8 Å². The predicted octanol–water partition coefficient (Wildman–Crippen LogP) is 2.79. The van der Waals surface area contributed by atoms with E-state index in [-0.39, 0.29) is 28.8 Å². The quantitative estimate of drug-likeness (QED) is 0.566. The van der Waals surface area contributed by atoms with Crippen molar-refractivity contribution in [2.45, 2.75) is 39.7 Å². The molecule has 0 aliphatic heterocycles. The van der Waals surface area contributed by atoms with Gasteiger partial charge in [-0.15, -0.1) is 0 Å². The number of aromatic nitrogens is 2. The molecule has 0 radical (unpaired) electrons. The van der Waals surface area contributed by atoms with Gasteiger partial charge in [0.05, 0.1) is 11.3 Å².